The van der Waals surface area contributed by atoms with Crippen molar-refractivity contribution >= 4 is 23.9 Å². The maximum absolute atomic E-state index is 12.6. The molecule has 10 nitrogen and oxygen atoms in total. The Morgan fingerprint density at radius 3 is 2.22 bits per heavy atom. The highest BCUT2D eigenvalue weighted by molar-refractivity contribution is 5.90. The minimum Gasteiger partial charge on any atom is -0.467 e. The van der Waals surface area contributed by atoms with Gasteiger partial charge in [-0.2, -0.15) is 0 Å². The van der Waals surface area contributed by atoms with Crippen molar-refractivity contribution in [3.63, 3.8) is 0 Å². The van der Waals surface area contributed by atoms with Crippen LogP contribution in [0.4, 0.5) is 4.79 Å². The van der Waals surface area contributed by atoms with Gasteiger partial charge in [0, 0.05) is 6.42 Å². The molecule has 0 saturated carbocycles. The molecule has 0 saturated heterocycles. The Labute approximate surface area is 187 Å². The highest BCUT2D eigenvalue weighted by Crippen LogP contribution is 2.11. The molecular weight excluding hydrogens is 420 g/mol. The van der Waals surface area contributed by atoms with Crippen LogP contribution in [0, 0.1) is 0 Å². The van der Waals surface area contributed by atoms with Crippen LogP contribution in [0.25, 0.3) is 0 Å². The van der Waals surface area contributed by atoms with Crippen LogP contribution in [0.2, 0.25) is 0 Å². The number of alkyl carbamates (subject to hydrolysis) is 1. The molecule has 0 aromatic heterocycles. The van der Waals surface area contributed by atoms with Gasteiger partial charge in [0.2, 0.25) is 5.91 Å². The quantitative estimate of drug-likeness (QED) is 0.358. The van der Waals surface area contributed by atoms with E-state index in [2.05, 4.69) is 15.4 Å². The van der Waals surface area contributed by atoms with E-state index in [1.54, 1.807) is 45.0 Å². The van der Waals surface area contributed by atoms with E-state index in [-0.39, 0.29) is 19.4 Å². The largest absolute Gasteiger partial charge is 0.467 e. The van der Waals surface area contributed by atoms with Crippen LogP contribution in [-0.2, 0) is 35.2 Å². The predicted molar refractivity (Wildman–Crippen MR) is 114 cm³/mol. The second kappa shape index (κ2) is 12.7. The number of aliphatic hydroxyl groups excluding tert-OH is 1. The van der Waals surface area contributed by atoms with Gasteiger partial charge in [0.25, 0.3) is 0 Å². The first-order valence-corrected chi connectivity index (χ1v) is 10.2. The van der Waals surface area contributed by atoms with Crippen LogP contribution in [0.1, 0.15) is 46.1 Å². The third-order valence-electron chi connectivity index (χ3n) is 4.11. The van der Waals surface area contributed by atoms with E-state index in [1.807, 2.05) is 6.07 Å². The fourth-order valence-corrected chi connectivity index (χ4v) is 2.60. The molecule has 0 heterocycles. The van der Waals surface area contributed by atoms with Gasteiger partial charge in [-0.05, 0) is 39.7 Å². The summed E-state index contributed by atoms with van der Waals surface area (Å²) in [5.74, 6) is -2.16. The maximum Gasteiger partial charge on any atom is 0.408 e. The Bertz CT molecular complexity index is 774. The monoisotopic (exact) mass is 452 g/mol. The number of ether oxygens (including phenoxy) is 3. The van der Waals surface area contributed by atoms with Gasteiger partial charge < -0.3 is 30.0 Å². The fourth-order valence-electron chi connectivity index (χ4n) is 2.60. The molecule has 0 bridgehead atoms. The average molecular weight is 453 g/mol. The summed E-state index contributed by atoms with van der Waals surface area (Å²) < 4.78 is 14.9. The number of benzene rings is 1. The van der Waals surface area contributed by atoms with Gasteiger partial charge in [-0.25, -0.2) is 9.59 Å². The highest BCUT2D eigenvalue weighted by Gasteiger charge is 2.31. The van der Waals surface area contributed by atoms with Crippen molar-refractivity contribution < 1.29 is 38.5 Å². The number of nitrogens with one attached hydrogen (secondary N) is 2. The number of hydrogen-bond donors (Lipinski definition) is 3. The lowest BCUT2D eigenvalue weighted by atomic mass is 10.1. The van der Waals surface area contributed by atoms with Crippen molar-refractivity contribution in [1.29, 1.82) is 0 Å². The Morgan fingerprint density at radius 2 is 1.69 bits per heavy atom. The molecule has 0 fully saturated rings. The van der Waals surface area contributed by atoms with Crippen LogP contribution in [0.15, 0.2) is 30.3 Å². The fraction of sp³-hybridized carbons (Fsp3) is 0.545. The molecule has 2 amide bonds. The van der Waals surface area contributed by atoms with Crippen LogP contribution in [0.3, 0.4) is 0 Å². The molecule has 3 atom stereocenters. The molecule has 0 aliphatic carbocycles. The molecule has 0 unspecified atom stereocenters. The van der Waals surface area contributed by atoms with Crippen molar-refractivity contribution in [2.24, 2.45) is 0 Å². The van der Waals surface area contributed by atoms with Crippen molar-refractivity contribution in [1.82, 2.24) is 10.6 Å². The summed E-state index contributed by atoms with van der Waals surface area (Å²) in [5, 5.41) is 14.6. The van der Waals surface area contributed by atoms with Crippen LogP contribution >= 0.6 is 0 Å². The summed E-state index contributed by atoms with van der Waals surface area (Å²) in [5.41, 5.74) is 0.0521. The zero-order valence-corrected chi connectivity index (χ0v) is 19.0. The standard InChI is InChI=1S/C22H32N2O8/c1-14(25)18(24-21(29)31-13-15-9-7-6-8-10-15)19(27)23-16(20(28)30-5)11-12-17(26)32-22(2,3)4/h6-10,14,16,18,25H,11-13H2,1-5H3,(H,23,27)(H,24,29)/t14-,16+,18+/m1/s1. The number of aliphatic hydroxyl groups is 1. The van der Waals surface area contributed by atoms with Gasteiger partial charge in [-0.15, -0.1) is 0 Å². The third-order valence-corrected chi connectivity index (χ3v) is 4.11. The van der Waals surface area contributed by atoms with Gasteiger partial charge in [0.15, 0.2) is 0 Å². The number of carbonyl (C=O) groups is 4. The SMILES string of the molecule is COC(=O)[C@H](CCC(=O)OC(C)(C)C)NC(=O)[C@@H](NC(=O)OCc1ccccc1)[C@@H](C)O. The lowest BCUT2D eigenvalue weighted by molar-refractivity contribution is -0.155. The minimum absolute atomic E-state index is 0.0263. The normalized spacial score (nSPS) is 13.8. The third kappa shape index (κ3) is 10.3. The van der Waals surface area contributed by atoms with E-state index in [0.29, 0.717) is 0 Å². The molecular formula is C22H32N2O8. The molecule has 0 radical (unpaired) electrons. The average Bonchev–Trinajstić information content (AvgIpc) is 2.71. The van der Waals surface area contributed by atoms with E-state index < -0.39 is 47.7 Å². The van der Waals surface area contributed by atoms with Crippen LogP contribution < -0.4 is 10.6 Å². The number of amides is 2. The number of esters is 2. The van der Waals surface area contributed by atoms with E-state index in [9.17, 15) is 24.3 Å². The number of rotatable bonds is 10. The predicted octanol–water partition coefficient (Wildman–Crippen LogP) is 1.44. The maximum atomic E-state index is 12.6. The molecule has 10 heteroatoms. The molecule has 1 aromatic carbocycles. The molecule has 3 N–H and O–H groups in total. The summed E-state index contributed by atoms with van der Waals surface area (Å²) in [6, 6.07) is 6.34. The van der Waals surface area contributed by atoms with Crippen molar-refractivity contribution in [3.05, 3.63) is 35.9 Å². The lowest BCUT2D eigenvalue weighted by Crippen LogP contribution is -2.56. The van der Waals surface area contributed by atoms with E-state index in [4.69, 9.17) is 9.47 Å². The summed E-state index contributed by atoms with van der Waals surface area (Å²) in [4.78, 5) is 48.7. The van der Waals surface area contributed by atoms with Crippen LogP contribution in [0.5, 0.6) is 0 Å². The first-order valence-electron chi connectivity index (χ1n) is 10.2. The van der Waals surface area contributed by atoms with E-state index >= 15 is 0 Å². The first kappa shape index (κ1) is 26.9. The summed E-state index contributed by atoms with van der Waals surface area (Å²) >= 11 is 0. The highest BCUT2D eigenvalue weighted by atomic mass is 16.6. The van der Waals surface area contributed by atoms with Crippen molar-refractivity contribution in [2.45, 2.75) is 70.9 Å². The Morgan fingerprint density at radius 1 is 1.06 bits per heavy atom. The lowest BCUT2D eigenvalue weighted by Gasteiger charge is -2.24. The number of carbonyl (C=O) groups excluding carboxylic acids is 4. The Kier molecular flexibility index (Phi) is 10.6. The molecule has 0 aliphatic heterocycles. The van der Waals surface area contributed by atoms with Gasteiger partial charge in [0.05, 0.1) is 13.2 Å². The molecule has 0 spiro atoms. The molecule has 0 aliphatic rings. The first-order chi connectivity index (χ1) is 14.9. The second-order valence-corrected chi connectivity index (χ2v) is 8.13. The molecule has 1 rings (SSSR count). The zero-order chi connectivity index (χ0) is 24.3. The van der Waals surface area contributed by atoms with E-state index in [0.717, 1.165) is 12.7 Å². The summed E-state index contributed by atoms with van der Waals surface area (Å²) in [7, 11) is 1.14. The van der Waals surface area contributed by atoms with Crippen molar-refractivity contribution in [3.8, 4) is 0 Å². The van der Waals surface area contributed by atoms with Gasteiger partial charge in [0.1, 0.15) is 24.3 Å². The Balaban J connectivity index is 2.71. The smallest absolute Gasteiger partial charge is 0.408 e. The van der Waals surface area contributed by atoms with Gasteiger partial charge >= 0.3 is 18.0 Å². The van der Waals surface area contributed by atoms with E-state index in [1.165, 1.54) is 6.92 Å². The van der Waals surface area contributed by atoms with Crippen LogP contribution in [-0.4, -0.2) is 59.9 Å². The van der Waals surface area contributed by atoms with Gasteiger partial charge in [-0.1, -0.05) is 30.3 Å². The molecule has 178 valence electrons. The minimum atomic E-state index is -1.40. The molecule has 32 heavy (non-hydrogen) atoms. The van der Waals surface area contributed by atoms with Gasteiger partial charge in [-0.3, -0.25) is 9.59 Å². The summed E-state index contributed by atoms with van der Waals surface area (Å²) in [6.45, 7) is 6.40. The number of hydrogen-bond acceptors (Lipinski definition) is 8. The number of methoxy groups -OCH3 is 1. The molecule has 1 aromatic rings. The second-order valence-electron chi connectivity index (χ2n) is 8.13. The zero-order valence-electron chi connectivity index (χ0n) is 19.0. The van der Waals surface area contributed by atoms with Crippen molar-refractivity contribution in [2.75, 3.05) is 7.11 Å². The Hall–Kier alpha value is -3.14. The topological polar surface area (TPSA) is 140 Å². The summed E-state index contributed by atoms with van der Waals surface area (Å²) in [6.07, 6.45) is -2.44.